The fraction of sp³-hybridized carbons (Fsp3) is 0.562. The van der Waals surface area contributed by atoms with Crippen molar-refractivity contribution in [1.29, 1.82) is 0 Å². The second-order valence-electron chi connectivity index (χ2n) is 6.21. The average Bonchev–Trinajstić information content (AvgIpc) is 3.16. The Morgan fingerprint density at radius 3 is 2.70 bits per heavy atom. The molecule has 1 amide bonds. The van der Waals surface area contributed by atoms with Gasteiger partial charge in [0.2, 0.25) is 5.91 Å². The van der Waals surface area contributed by atoms with Gasteiger partial charge in [-0.3, -0.25) is 4.79 Å². The van der Waals surface area contributed by atoms with Gasteiger partial charge in [0.15, 0.2) is 0 Å². The molecule has 2 fully saturated rings. The van der Waals surface area contributed by atoms with Gasteiger partial charge in [-0.2, -0.15) is 0 Å². The summed E-state index contributed by atoms with van der Waals surface area (Å²) in [5.41, 5.74) is 5.68. The Hall–Kier alpha value is -1.42. The first kappa shape index (κ1) is 13.6. The molecule has 0 radical (unpaired) electrons. The normalized spacial score (nSPS) is 27.6. The first-order valence-corrected chi connectivity index (χ1v) is 7.34. The van der Waals surface area contributed by atoms with Crippen LogP contribution in [0.3, 0.4) is 0 Å². The van der Waals surface area contributed by atoms with Crippen molar-refractivity contribution in [2.75, 3.05) is 13.1 Å². The molecule has 2 atom stereocenters. The van der Waals surface area contributed by atoms with Gasteiger partial charge in [0.25, 0.3) is 0 Å². The summed E-state index contributed by atoms with van der Waals surface area (Å²) in [7, 11) is 0. The summed E-state index contributed by atoms with van der Waals surface area (Å²) in [6.07, 6.45) is 2.46. The van der Waals surface area contributed by atoms with Gasteiger partial charge in [0.1, 0.15) is 5.82 Å². The lowest BCUT2D eigenvalue weighted by atomic mass is 9.93. The van der Waals surface area contributed by atoms with Crippen LogP contribution in [0.1, 0.15) is 31.7 Å². The molecule has 0 aromatic heterocycles. The van der Waals surface area contributed by atoms with E-state index in [0.717, 1.165) is 19.3 Å². The number of nitrogens with two attached hydrogens (primary N) is 1. The zero-order chi connectivity index (χ0) is 14.3. The molecule has 2 unspecified atom stereocenters. The van der Waals surface area contributed by atoms with Crippen LogP contribution in [0.5, 0.6) is 0 Å². The number of amides is 1. The number of nitrogens with zero attached hydrogens (tertiary/aromatic N) is 1. The Balaban J connectivity index is 1.86. The number of carbonyl (C=O) groups is 1. The van der Waals surface area contributed by atoms with Crippen molar-refractivity contribution in [2.45, 2.75) is 37.6 Å². The van der Waals surface area contributed by atoms with E-state index in [9.17, 15) is 9.18 Å². The van der Waals surface area contributed by atoms with Crippen molar-refractivity contribution in [1.82, 2.24) is 4.90 Å². The van der Waals surface area contributed by atoms with Gasteiger partial charge < -0.3 is 10.6 Å². The zero-order valence-electron chi connectivity index (χ0n) is 11.8. The van der Waals surface area contributed by atoms with Crippen molar-refractivity contribution in [2.24, 2.45) is 11.7 Å². The maximum atomic E-state index is 14.0. The predicted octanol–water partition coefficient (Wildman–Crippen LogP) is 2.05. The Morgan fingerprint density at radius 2 is 2.15 bits per heavy atom. The molecule has 1 aromatic carbocycles. The molecular formula is C16H21FN2O. The third kappa shape index (κ3) is 2.03. The highest BCUT2D eigenvalue weighted by molar-refractivity contribution is 5.91. The van der Waals surface area contributed by atoms with E-state index in [-0.39, 0.29) is 17.8 Å². The topological polar surface area (TPSA) is 46.3 Å². The number of benzene rings is 1. The number of hydrogen-bond acceptors (Lipinski definition) is 2. The second-order valence-corrected chi connectivity index (χ2v) is 6.21. The van der Waals surface area contributed by atoms with Crippen LogP contribution in [-0.4, -0.2) is 29.9 Å². The molecule has 3 nitrogen and oxygen atoms in total. The smallest absolute Gasteiger partial charge is 0.233 e. The molecule has 1 aliphatic heterocycles. The maximum Gasteiger partial charge on any atom is 0.233 e. The van der Waals surface area contributed by atoms with Gasteiger partial charge in [-0.15, -0.1) is 0 Å². The number of hydrogen-bond donors (Lipinski definition) is 1. The predicted molar refractivity (Wildman–Crippen MR) is 75.6 cm³/mol. The van der Waals surface area contributed by atoms with Crippen LogP contribution in [-0.2, 0) is 10.2 Å². The molecule has 0 bridgehead atoms. The Bertz CT molecular complexity index is 527. The lowest BCUT2D eigenvalue weighted by Gasteiger charge is -2.27. The van der Waals surface area contributed by atoms with E-state index in [1.54, 1.807) is 12.1 Å². The average molecular weight is 276 g/mol. The van der Waals surface area contributed by atoms with Crippen LogP contribution in [0, 0.1) is 11.7 Å². The summed E-state index contributed by atoms with van der Waals surface area (Å²) in [6, 6.07) is 6.88. The van der Waals surface area contributed by atoms with Crippen LogP contribution < -0.4 is 5.73 Å². The van der Waals surface area contributed by atoms with Crippen LogP contribution in [0.4, 0.5) is 4.39 Å². The fourth-order valence-corrected chi connectivity index (χ4v) is 3.44. The summed E-state index contributed by atoms with van der Waals surface area (Å²) in [5.74, 6) is 0.206. The third-order valence-corrected chi connectivity index (χ3v) is 4.80. The van der Waals surface area contributed by atoms with Gasteiger partial charge in [-0.1, -0.05) is 18.2 Å². The standard InChI is InChI=1S/C16H21FN2O/c1-11-8-12(9-18)10-19(11)15(20)16(6-7-16)13-4-2-3-5-14(13)17/h2-5,11-12H,6-10,18H2,1H3. The number of carbonyl (C=O) groups excluding carboxylic acids is 1. The van der Waals surface area contributed by atoms with E-state index in [2.05, 4.69) is 6.92 Å². The summed E-state index contributed by atoms with van der Waals surface area (Å²) < 4.78 is 14.0. The molecule has 3 rings (SSSR count). The summed E-state index contributed by atoms with van der Waals surface area (Å²) in [4.78, 5) is 14.8. The lowest BCUT2D eigenvalue weighted by molar-refractivity contribution is -0.134. The molecule has 1 aliphatic carbocycles. The minimum absolute atomic E-state index is 0.0889. The van der Waals surface area contributed by atoms with Crippen molar-refractivity contribution in [3.05, 3.63) is 35.6 Å². The molecule has 108 valence electrons. The zero-order valence-corrected chi connectivity index (χ0v) is 11.8. The fourth-order valence-electron chi connectivity index (χ4n) is 3.44. The molecule has 1 aromatic rings. The summed E-state index contributed by atoms with van der Waals surface area (Å²) >= 11 is 0. The minimum Gasteiger partial charge on any atom is -0.339 e. The SMILES string of the molecule is CC1CC(CN)CN1C(=O)C1(c2ccccc2F)CC1. The third-order valence-electron chi connectivity index (χ3n) is 4.80. The van der Waals surface area contributed by atoms with Gasteiger partial charge in [-0.25, -0.2) is 4.39 Å². The van der Waals surface area contributed by atoms with Gasteiger partial charge in [-0.05, 0) is 44.7 Å². The van der Waals surface area contributed by atoms with Crippen molar-refractivity contribution in [3.8, 4) is 0 Å². The second kappa shape index (κ2) is 4.85. The first-order chi connectivity index (χ1) is 9.58. The van der Waals surface area contributed by atoms with Gasteiger partial charge in [0.05, 0.1) is 5.41 Å². The number of halogens is 1. The maximum absolute atomic E-state index is 14.0. The van der Waals surface area contributed by atoms with Crippen LogP contribution in [0.15, 0.2) is 24.3 Å². The number of likely N-dealkylation sites (tertiary alicyclic amines) is 1. The van der Waals surface area contributed by atoms with E-state index >= 15 is 0 Å². The molecule has 4 heteroatoms. The van der Waals surface area contributed by atoms with E-state index in [1.807, 2.05) is 11.0 Å². The van der Waals surface area contributed by atoms with Crippen molar-refractivity contribution >= 4 is 5.91 Å². The van der Waals surface area contributed by atoms with E-state index in [1.165, 1.54) is 6.07 Å². The molecule has 2 N–H and O–H groups in total. The first-order valence-electron chi connectivity index (χ1n) is 7.34. The van der Waals surface area contributed by atoms with Gasteiger partial charge >= 0.3 is 0 Å². The van der Waals surface area contributed by atoms with E-state index < -0.39 is 5.41 Å². The molecule has 2 aliphatic rings. The molecule has 20 heavy (non-hydrogen) atoms. The summed E-state index contributed by atoms with van der Waals surface area (Å²) in [6.45, 7) is 3.39. The minimum atomic E-state index is -0.608. The van der Waals surface area contributed by atoms with Gasteiger partial charge in [0, 0.05) is 18.2 Å². The highest BCUT2D eigenvalue weighted by Crippen LogP contribution is 2.51. The molecule has 1 saturated carbocycles. The van der Waals surface area contributed by atoms with Crippen LogP contribution in [0.2, 0.25) is 0 Å². The summed E-state index contributed by atoms with van der Waals surface area (Å²) in [5, 5.41) is 0. The lowest BCUT2D eigenvalue weighted by Crippen LogP contribution is -2.42. The van der Waals surface area contributed by atoms with Crippen molar-refractivity contribution in [3.63, 3.8) is 0 Å². The van der Waals surface area contributed by atoms with Crippen molar-refractivity contribution < 1.29 is 9.18 Å². The quantitative estimate of drug-likeness (QED) is 0.918. The van der Waals surface area contributed by atoms with Crippen LogP contribution >= 0.6 is 0 Å². The van der Waals surface area contributed by atoms with E-state index in [4.69, 9.17) is 5.73 Å². The molecule has 1 saturated heterocycles. The molecule has 1 heterocycles. The molecular weight excluding hydrogens is 255 g/mol. The highest BCUT2D eigenvalue weighted by Gasteiger charge is 2.55. The molecule has 0 spiro atoms. The monoisotopic (exact) mass is 276 g/mol. The Kier molecular flexibility index (Phi) is 3.28. The van der Waals surface area contributed by atoms with E-state index in [0.29, 0.717) is 24.6 Å². The Morgan fingerprint density at radius 1 is 1.45 bits per heavy atom. The largest absolute Gasteiger partial charge is 0.339 e. The number of rotatable bonds is 3. The Labute approximate surface area is 118 Å². The highest BCUT2D eigenvalue weighted by atomic mass is 19.1. The van der Waals surface area contributed by atoms with Crippen LogP contribution in [0.25, 0.3) is 0 Å².